The third-order valence-electron chi connectivity index (χ3n) is 1.49. The van der Waals surface area contributed by atoms with Crippen molar-refractivity contribution in [1.82, 2.24) is 10.2 Å². The van der Waals surface area contributed by atoms with E-state index >= 15 is 0 Å². The van der Waals surface area contributed by atoms with E-state index in [1.807, 2.05) is 0 Å². The molecule has 3 N–H and O–H groups in total. The molecule has 0 aromatic carbocycles. The molecule has 1 heterocycles. The van der Waals surface area contributed by atoms with E-state index in [2.05, 4.69) is 5.32 Å². The number of thiocarbonyl (C=S) groups is 1. The fourth-order valence-corrected chi connectivity index (χ4v) is 1.10. The number of nitrogens with zero attached hydrogens (tertiary/aromatic N) is 2. The predicted molar refractivity (Wildman–Crippen MR) is 50.3 cm³/mol. The topological polar surface area (TPSA) is 99.2 Å². The lowest BCUT2D eigenvalue weighted by molar-refractivity contribution is -0.118. The van der Waals surface area contributed by atoms with Crippen LogP contribution in [0, 0.1) is 11.3 Å². The van der Waals surface area contributed by atoms with Gasteiger partial charge in [0.2, 0.25) is 5.91 Å². The summed E-state index contributed by atoms with van der Waals surface area (Å²) in [6, 6.07) is 1.61. The highest BCUT2D eigenvalue weighted by molar-refractivity contribution is 7.80. The first-order valence-electron chi connectivity index (χ1n) is 3.56. The molecule has 14 heavy (non-hydrogen) atoms. The normalized spacial score (nSPS) is 16.5. The molecule has 0 radical (unpaired) electrons. The molecule has 0 unspecified atom stereocenters. The minimum Gasteiger partial charge on any atom is -0.365 e. The minimum absolute atomic E-state index is 0.00269. The number of nitrogens with two attached hydrogens (primary N) is 1. The Morgan fingerprint density at radius 1 is 1.79 bits per heavy atom. The van der Waals surface area contributed by atoms with Crippen LogP contribution in [0.1, 0.15) is 0 Å². The van der Waals surface area contributed by atoms with Gasteiger partial charge in [-0.2, -0.15) is 5.26 Å². The maximum Gasteiger partial charge on any atom is 0.260 e. The maximum atomic E-state index is 10.8. The van der Waals surface area contributed by atoms with Crippen molar-refractivity contribution in [1.29, 1.82) is 5.26 Å². The van der Waals surface area contributed by atoms with Gasteiger partial charge in [0.1, 0.15) is 18.2 Å². The number of nitriles is 1. The highest BCUT2D eigenvalue weighted by atomic mass is 32.1. The van der Waals surface area contributed by atoms with E-state index in [1.54, 1.807) is 6.07 Å². The zero-order valence-electron chi connectivity index (χ0n) is 6.98. The molecule has 0 bridgehead atoms. The van der Waals surface area contributed by atoms with Gasteiger partial charge in [0.05, 0.1) is 0 Å². The van der Waals surface area contributed by atoms with Crippen LogP contribution in [0.4, 0.5) is 0 Å². The van der Waals surface area contributed by atoms with Gasteiger partial charge < -0.3 is 16.0 Å². The number of nitrogens with one attached hydrogen (secondary N) is 1. The minimum atomic E-state index is -0.852. The van der Waals surface area contributed by atoms with E-state index in [4.69, 9.17) is 23.2 Å². The molecule has 0 aromatic rings. The van der Waals surface area contributed by atoms with E-state index < -0.39 is 5.91 Å². The van der Waals surface area contributed by atoms with E-state index in [0.717, 1.165) is 6.20 Å². The highest BCUT2D eigenvalue weighted by Crippen LogP contribution is 2.02. The van der Waals surface area contributed by atoms with Gasteiger partial charge in [-0.3, -0.25) is 9.59 Å². The van der Waals surface area contributed by atoms with Gasteiger partial charge in [-0.25, -0.2) is 0 Å². The summed E-state index contributed by atoms with van der Waals surface area (Å²) in [5.74, 6) is -1.14. The lowest BCUT2D eigenvalue weighted by Gasteiger charge is -2.08. The van der Waals surface area contributed by atoms with Crippen LogP contribution in [0.25, 0.3) is 0 Å². The van der Waals surface area contributed by atoms with Gasteiger partial charge in [0.25, 0.3) is 5.91 Å². The number of carbonyl (C=O) groups excluding carboxylic acids is 2. The largest absolute Gasteiger partial charge is 0.365 e. The van der Waals surface area contributed by atoms with Crippen LogP contribution in [-0.4, -0.2) is 28.4 Å². The van der Waals surface area contributed by atoms with E-state index in [1.165, 1.54) is 4.90 Å². The first kappa shape index (κ1) is 10.1. The second kappa shape index (κ2) is 3.85. The van der Waals surface area contributed by atoms with Crippen molar-refractivity contribution in [3.63, 3.8) is 0 Å². The van der Waals surface area contributed by atoms with Crippen molar-refractivity contribution in [2.75, 3.05) is 6.54 Å². The summed E-state index contributed by atoms with van der Waals surface area (Å²) in [5.41, 5.74) is 4.65. The quantitative estimate of drug-likeness (QED) is 0.331. The molecule has 7 heteroatoms. The van der Waals surface area contributed by atoms with Crippen molar-refractivity contribution in [2.45, 2.75) is 0 Å². The maximum absolute atomic E-state index is 10.8. The molecule has 1 aliphatic rings. The first-order chi connectivity index (χ1) is 6.54. The Morgan fingerprint density at radius 2 is 2.43 bits per heavy atom. The van der Waals surface area contributed by atoms with Crippen molar-refractivity contribution < 1.29 is 9.59 Å². The number of rotatable bonds is 2. The summed E-state index contributed by atoms with van der Waals surface area (Å²) >= 11 is 4.76. The highest BCUT2D eigenvalue weighted by Gasteiger charge is 2.22. The standard InChI is InChI=1S/C7H6N4O2S/c8-1-4(6(9)13)2-11-3-5(12)10-7(11)14/h2H,3H2,(H2,9,13)(H,10,12,14)/b4-2+. The fraction of sp³-hybridized carbons (Fsp3) is 0.143. The van der Waals surface area contributed by atoms with Gasteiger partial charge in [-0.15, -0.1) is 0 Å². The molecule has 1 aliphatic heterocycles. The van der Waals surface area contributed by atoms with Crippen molar-refractivity contribution in [3.05, 3.63) is 11.8 Å². The Kier molecular flexibility index (Phi) is 2.79. The molecule has 1 fully saturated rings. The van der Waals surface area contributed by atoms with E-state index in [0.29, 0.717) is 0 Å². The van der Waals surface area contributed by atoms with Gasteiger partial charge in [-0.1, -0.05) is 0 Å². The molecular weight excluding hydrogens is 204 g/mol. The molecule has 1 rings (SSSR count). The lowest BCUT2D eigenvalue weighted by Crippen LogP contribution is -2.25. The van der Waals surface area contributed by atoms with Crippen LogP contribution in [-0.2, 0) is 9.59 Å². The number of amides is 2. The molecule has 0 aromatic heterocycles. The SMILES string of the molecule is N#C/C(=C\N1CC(=O)NC1=S)C(N)=O. The van der Waals surface area contributed by atoms with Crippen LogP contribution in [0.3, 0.4) is 0 Å². The fourth-order valence-electron chi connectivity index (χ4n) is 0.865. The van der Waals surface area contributed by atoms with E-state index in [9.17, 15) is 9.59 Å². The van der Waals surface area contributed by atoms with Crippen LogP contribution in [0.15, 0.2) is 11.8 Å². The average Bonchev–Trinajstić information content (AvgIpc) is 2.40. The van der Waals surface area contributed by atoms with Gasteiger partial charge in [0, 0.05) is 6.20 Å². The Hall–Kier alpha value is -1.94. The van der Waals surface area contributed by atoms with Crippen LogP contribution in [0.5, 0.6) is 0 Å². The number of carbonyl (C=O) groups is 2. The monoisotopic (exact) mass is 210 g/mol. The Bertz CT molecular complexity index is 382. The molecule has 0 saturated carbocycles. The second-order valence-electron chi connectivity index (χ2n) is 2.50. The van der Waals surface area contributed by atoms with Gasteiger partial charge >= 0.3 is 0 Å². The molecule has 0 atom stereocenters. The van der Waals surface area contributed by atoms with Crippen LogP contribution in [0.2, 0.25) is 0 Å². The third kappa shape index (κ3) is 2.05. The molecule has 0 spiro atoms. The summed E-state index contributed by atoms with van der Waals surface area (Å²) < 4.78 is 0. The Labute approximate surface area is 85.0 Å². The summed E-state index contributed by atoms with van der Waals surface area (Å²) in [6.45, 7) is -0.00269. The Balaban J connectivity index is 2.87. The first-order valence-corrected chi connectivity index (χ1v) is 3.97. The average molecular weight is 210 g/mol. The van der Waals surface area contributed by atoms with Gasteiger partial charge in [-0.05, 0) is 12.2 Å². The summed E-state index contributed by atoms with van der Waals surface area (Å²) in [4.78, 5) is 22.8. The van der Waals surface area contributed by atoms with Crippen LogP contribution < -0.4 is 11.1 Å². The predicted octanol–water partition coefficient (Wildman–Crippen LogP) is -1.40. The van der Waals surface area contributed by atoms with Crippen molar-refractivity contribution in [3.8, 4) is 6.07 Å². The molecular formula is C7H6N4O2S. The smallest absolute Gasteiger partial charge is 0.260 e. The molecule has 1 saturated heterocycles. The summed E-state index contributed by atoms with van der Waals surface area (Å²) in [6.07, 6.45) is 1.16. The summed E-state index contributed by atoms with van der Waals surface area (Å²) in [5, 5.41) is 11.0. The second-order valence-corrected chi connectivity index (χ2v) is 2.89. The molecule has 2 amide bonds. The van der Waals surface area contributed by atoms with Gasteiger partial charge in [0.15, 0.2) is 5.11 Å². The zero-order valence-corrected chi connectivity index (χ0v) is 7.80. The number of hydrogen-bond donors (Lipinski definition) is 2. The third-order valence-corrected chi connectivity index (χ3v) is 1.83. The van der Waals surface area contributed by atoms with Crippen molar-refractivity contribution >= 4 is 29.1 Å². The molecule has 6 nitrogen and oxygen atoms in total. The zero-order chi connectivity index (χ0) is 10.7. The summed E-state index contributed by atoms with van der Waals surface area (Å²) in [7, 11) is 0. The lowest BCUT2D eigenvalue weighted by atomic mass is 10.3. The molecule has 72 valence electrons. The number of hydrogen-bond acceptors (Lipinski definition) is 4. The molecule has 0 aliphatic carbocycles. The van der Waals surface area contributed by atoms with E-state index in [-0.39, 0.29) is 23.1 Å². The Morgan fingerprint density at radius 3 is 2.79 bits per heavy atom. The van der Waals surface area contributed by atoms with Crippen molar-refractivity contribution in [2.24, 2.45) is 5.73 Å². The van der Waals surface area contributed by atoms with Crippen LogP contribution >= 0.6 is 12.2 Å². The number of primary amides is 1.